The summed E-state index contributed by atoms with van der Waals surface area (Å²) in [7, 11) is 0. The van der Waals surface area contributed by atoms with Crippen LogP contribution >= 0.6 is 0 Å². The van der Waals surface area contributed by atoms with Crippen LogP contribution in [0.4, 0.5) is 0 Å². The number of hydrogen-bond donors (Lipinski definition) is 1. The van der Waals surface area contributed by atoms with Gasteiger partial charge in [-0.15, -0.1) is 0 Å². The van der Waals surface area contributed by atoms with E-state index in [1.54, 1.807) is 32.0 Å². The van der Waals surface area contributed by atoms with Crippen molar-refractivity contribution >= 4 is 17.4 Å². The lowest BCUT2D eigenvalue weighted by molar-refractivity contribution is -0.123. The second-order valence-electron chi connectivity index (χ2n) is 6.83. The number of aliphatic imine (C=N–C) groups is 1. The Morgan fingerprint density at radius 3 is 2.61 bits per heavy atom. The molecule has 1 aliphatic carbocycles. The van der Waals surface area contributed by atoms with Gasteiger partial charge in [-0.05, 0) is 31.9 Å². The van der Waals surface area contributed by atoms with Gasteiger partial charge in [0.25, 0.3) is 5.91 Å². The average molecular weight is 313 g/mol. The number of hydrogen-bond acceptors (Lipinski definition) is 4. The van der Waals surface area contributed by atoms with E-state index in [1.807, 2.05) is 13.8 Å². The lowest BCUT2D eigenvalue weighted by atomic mass is 9.76. The predicted octanol–water partition coefficient (Wildman–Crippen LogP) is 3.09. The van der Waals surface area contributed by atoms with Crippen LogP contribution < -0.4 is 4.74 Å². The van der Waals surface area contributed by atoms with E-state index in [0.717, 1.165) is 0 Å². The monoisotopic (exact) mass is 313 g/mol. The Morgan fingerprint density at radius 1 is 1.26 bits per heavy atom. The van der Waals surface area contributed by atoms with Crippen molar-refractivity contribution in [1.82, 2.24) is 0 Å². The fourth-order valence-electron chi connectivity index (χ4n) is 2.87. The van der Waals surface area contributed by atoms with Crippen molar-refractivity contribution in [3.63, 3.8) is 0 Å². The number of aliphatic hydroxyl groups excluding tert-OH is 1. The van der Waals surface area contributed by atoms with E-state index in [-0.39, 0.29) is 5.91 Å². The van der Waals surface area contributed by atoms with Crippen molar-refractivity contribution in [1.29, 1.82) is 0 Å². The third-order valence-electron chi connectivity index (χ3n) is 4.14. The van der Waals surface area contributed by atoms with Crippen LogP contribution in [0.3, 0.4) is 0 Å². The molecule has 0 spiro atoms. The zero-order chi connectivity index (χ0) is 16.9. The van der Waals surface area contributed by atoms with E-state index in [0.29, 0.717) is 40.7 Å². The molecule has 0 saturated heterocycles. The highest BCUT2D eigenvalue weighted by atomic mass is 16.5. The zero-order valence-corrected chi connectivity index (χ0v) is 13.6. The van der Waals surface area contributed by atoms with E-state index in [4.69, 9.17) is 4.74 Å². The van der Waals surface area contributed by atoms with Gasteiger partial charge in [-0.2, -0.15) is 0 Å². The highest BCUT2D eigenvalue weighted by Gasteiger charge is 2.48. The van der Waals surface area contributed by atoms with Crippen LogP contribution in [-0.2, 0) is 4.79 Å². The minimum Gasteiger partial charge on any atom is -0.504 e. The van der Waals surface area contributed by atoms with Gasteiger partial charge in [0, 0.05) is 11.1 Å². The van der Waals surface area contributed by atoms with E-state index in [1.165, 1.54) is 0 Å². The van der Waals surface area contributed by atoms with Crippen molar-refractivity contribution in [3.8, 4) is 5.75 Å². The molecular formula is C18H19NO4. The zero-order valence-electron chi connectivity index (χ0n) is 13.6. The second kappa shape index (κ2) is 5.05. The van der Waals surface area contributed by atoms with E-state index < -0.39 is 17.0 Å². The summed E-state index contributed by atoms with van der Waals surface area (Å²) in [6.07, 6.45) is 0. The molecule has 0 unspecified atom stereocenters. The van der Waals surface area contributed by atoms with Gasteiger partial charge in [0.2, 0.25) is 5.78 Å². The van der Waals surface area contributed by atoms with Crippen LogP contribution in [0.5, 0.6) is 5.75 Å². The molecule has 1 aromatic carbocycles. The quantitative estimate of drug-likeness (QED) is 0.930. The molecule has 0 bridgehead atoms. The minimum absolute atomic E-state index is 0.292. The highest BCUT2D eigenvalue weighted by Crippen LogP contribution is 2.44. The molecule has 1 N–H and O–H groups in total. The lowest BCUT2D eigenvalue weighted by Crippen LogP contribution is -2.29. The van der Waals surface area contributed by atoms with Crippen molar-refractivity contribution < 1.29 is 19.4 Å². The molecule has 5 nitrogen and oxygen atoms in total. The number of amides is 1. The SMILES string of the molecule is CC(C)COc1cccc2c1C1=NC(=O)C(C)(C)C1=C(O)C2=O. The van der Waals surface area contributed by atoms with Crippen LogP contribution in [0.2, 0.25) is 0 Å². The van der Waals surface area contributed by atoms with Gasteiger partial charge in [0.1, 0.15) is 5.75 Å². The summed E-state index contributed by atoms with van der Waals surface area (Å²) in [4.78, 5) is 28.8. The molecule has 1 amide bonds. The topological polar surface area (TPSA) is 76.0 Å². The Labute approximate surface area is 134 Å². The molecule has 0 atom stereocenters. The summed E-state index contributed by atoms with van der Waals surface area (Å²) >= 11 is 0. The first kappa shape index (κ1) is 15.5. The Kier molecular flexibility index (Phi) is 3.39. The van der Waals surface area contributed by atoms with Gasteiger partial charge in [0.15, 0.2) is 5.76 Å². The summed E-state index contributed by atoms with van der Waals surface area (Å²) < 4.78 is 5.81. The molecular weight excluding hydrogens is 294 g/mol. The first-order valence-electron chi connectivity index (χ1n) is 7.63. The van der Waals surface area contributed by atoms with Gasteiger partial charge in [-0.3, -0.25) is 9.59 Å². The number of carbonyl (C=O) groups is 2. The van der Waals surface area contributed by atoms with Gasteiger partial charge in [-0.1, -0.05) is 19.9 Å². The fraction of sp³-hybridized carbons (Fsp3) is 0.389. The third-order valence-corrected chi connectivity index (χ3v) is 4.14. The van der Waals surface area contributed by atoms with E-state index in [2.05, 4.69) is 4.99 Å². The average Bonchev–Trinajstić information content (AvgIpc) is 2.72. The number of benzene rings is 1. The van der Waals surface area contributed by atoms with Crippen LogP contribution in [0.15, 0.2) is 34.5 Å². The number of allylic oxidation sites excluding steroid dienone is 1. The number of carbonyl (C=O) groups excluding carboxylic acids is 2. The maximum atomic E-state index is 12.5. The maximum Gasteiger partial charge on any atom is 0.256 e. The molecule has 23 heavy (non-hydrogen) atoms. The van der Waals surface area contributed by atoms with E-state index >= 15 is 0 Å². The summed E-state index contributed by atoms with van der Waals surface area (Å²) in [5.41, 5.74) is 0.450. The smallest absolute Gasteiger partial charge is 0.256 e. The Morgan fingerprint density at radius 2 is 1.96 bits per heavy atom. The van der Waals surface area contributed by atoms with Gasteiger partial charge in [-0.25, -0.2) is 4.99 Å². The third kappa shape index (κ3) is 2.19. The molecule has 5 heteroatoms. The van der Waals surface area contributed by atoms with Crippen molar-refractivity contribution in [3.05, 3.63) is 40.7 Å². The Hall–Kier alpha value is -2.43. The molecule has 2 aliphatic rings. The van der Waals surface area contributed by atoms with Crippen molar-refractivity contribution in [2.24, 2.45) is 16.3 Å². The first-order valence-corrected chi connectivity index (χ1v) is 7.63. The van der Waals surface area contributed by atoms with Crippen LogP contribution in [0.1, 0.15) is 43.6 Å². The summed E-state index contributed by atoms with van der Waals surface area (Å²) in [6.45, 7) is 7.86. The maximum absolute atomic E-state index is 12.5. The summed E-state index contributed by atoms with van der Waals surface area (Å²) in [6, 6.07) is 5.07. The Bertz CT molecular complexity index is 784. The number of aliphatic hydroxyl groups is 1. The molecule has 1 aromatic rings. The molecule has 3 rings (SSSR count). The normalized spacial score (nSPS) is 18.9. The van der Waals surface area contributed by atoms with E-state index in [9.17, 15) is 14.7 Å². The number of fused-ring (bicyclic) bond motifs is 3. The highest BCUT2D eigenvalue weighted by molar-refractivity contribution is 6.34. The first-order chi connectivity index (χ1) is 10.7. The van der Waals surface area contributed by atoms with Gasteiger partial charge < -0.3 is 9.84 Å². The minimum atomic E-state index is -1.02. The van der Waals surface area contributed by atoms with Crippen LogP contribution in [0.25, 0.3) is 0 Å². The molecule has 1 aliphatic heterocycles. The number of ether oxygens (including phenoxy) is 1. The second-order valence-corrected chi connectivity index (χ2v) is 6.83. The molecule has 0 saturated carbocycles. The molecule has 0 fully saturated rings. The summed E-state index contributed by atoms with van der Waals surface area (Å²) in [5.74, 6) is -0.427. The number of nitrogens with zero attached hydrogens (tertiary/aromatic N) is 1. The molecule has 1 heterocycles. The lowest BCUT2D eigenvalue weighted by Gasteiger charge is -2.25. The predicted molar refractivity (Wildman–Crippen MR) is 86.1 cm³/mol. The molecule has 120 valence electrons. The largest absolute Gasteiger partial charge is 0.504 e. The number of ketones is 1. The fourth-order valence-corrected chi connectivity index (χ4v) is 2.87. The van der Waals surface area contributed by atoms with Crippen molar-refractivity contribution in [2.45, 2.75) is 27.7 Å². The molecule has 0 aromatic heterocycles. The van der Waals surface area contributed by atoms with Gasteiger partial charge in [0.05, 0.1) is 23.3 Å². The summed E-state index contributed by atoms with van der Waals surface area (Å²) in [5, 5.41) is 10.3. The molecule has 0 radical (unpaired) electrons. The van der Waals surface area contributed by atoms with Crippen LogP contribution in [-0.4, -0.2) is 29.1 Å². The number of Topliss-reactive ketones (excluding diaryl/α,β-unsaturated/α-hetero) is 1. The van der Waals surface area contributed by atoms with Gasteiger partial charge >= 0.3 is 0 Å². The van der Waals surface area contributed by atoms with Crippen LogP contribution in [0, 0.1) is 11.3 Å². The standard InChI is InChI=1S/C18H19NO4/c1-9(2)8-23-11-7-5-6-10-12(11)14-13(16(21)15(10)20)18(3,4)17(22)19-14/h5-7,9,21H,8H2,1-4H3. The Balaban J connectivity index is 2.21. The van der Waals surface area contributed by atoms with Crippen molar-refractivity contribution in [2.75, 3.05) is 6.61 Å². The number of rotatable bonds is 3.